The van der Waals surface area contributed by atoms with Crippen molar-refractivity contribution in [1.29, 1.82) is 0 Å². The molecule has 1 aliphatic rings. The Balaban J connectivity index is 2.56. The van der Waals surface area contributed by atoms with E-state index in [9.17, 15) is 4.79 Å². The van der Waals surface area contributed by atoms with Crippen LogP contribution in [0.3, 0.4) is 0 Å². The van der Waals surface area contributed by atoms with Crippen molar-refractivity contribution in [2.24, 2.45) is 10.8 Å². The van der Waals surface area contributed by atoms with Crippen LogP contribution in [0, 0.1) is 24.7 Å². The van der Waals surface area contributed by atoms with Crippen LogP contribution in [0.1, 0.15) is 56.7 Å². The zero-order valence-corrected chi connectivity index (χ0v) is 12.4. The van der Waals surface area contributed by atoms with Gasteiger partial charge in [-0.1, -0.05) is 45.9 Å². The van der Waals surface area contributed by atoms with E-state index in [1.807, 2.05) is 0 Å². The van der Waals surface area contributed by atoms with Crippen molar-refractivity contribution in [2.75, 3.05) is 0 Å². The Bertz CT molecular complexity index is 474. The monoisotopic (exact) mass is 244 g/mol. The van der Waals surface area contributed by atoms with Gasteiger partial charge in [0.25, 0.3) is 0 Å². The number of Topliss-reactive ketones (excluding diaryl/α,β-unsaturated/α-hetero) is 1. The highest BCUT2D eigenvalue weighted by molar-refractivity contribution is 5.92. The lowest BCUT2D eigenvalue weighted by molar-refractivity contribution is -0.131. The maximum atomic E-state index is 12.6. The number of carbonyl (C=O) groups is 1. The number of hydrogen-bond acceptors (Lipinski definition) is 1. The molecule has 0 N–H and O–H groups in total. The summed E-state index contributed by atoms with van der Waals surface area (Å²) in [5, 5.41) is 0. The summed E-state index contributed by atoms with van der Waals surface area (Å²) in [7, 11) is 0. The van der Waals surface area contributed by atoms with Gasteiger partial charge in [-0.15, -0.1) is 0 Å². The summed E-state index contributed by atoms with van der Waals surface area (Å²) in [6.45, 7) is 12.7. The molecule has 1 aromatic carbocycles. The molecule has 1 unspecified atom stereocenters. The number of hydrogen-bond donors (Lipinski definition) is 0. The molecule has 2 rings (SSSR count). The molecule has 0 aliphatic heterocycles. The lowest BCUT2D eigenvalue weighted by atomic mass is 9.74. The SMILES string of the molecule is Cc1cccc(C)c1C1CC(C)(C)C(=O)C1(C)C. The second-order valence-electron chi connectivity index (χ2n) is 7.00. The topological polar surface area (TPSA) is 17.1 Å². The minimum Gasteiger partial charge on any atom is -0.298 e. The van der Waals surface area contributed by atoms with Gasteiger partial charge < -0.3 is 0 Å². The van der Waals surface area contributed by atoms with Crippen molar-refractivity contribution in [3.8, 4) is 0 Å². The Kier molecular flexibility index (Phi) is 2.92. The Morgan fingerprint density at radius 1 is 1.06 bits per heavy atom. The fraction of sp³-hybridized carbons (Fsp3) is 0.588. The number of carbonyl (C=O) groups excluding carboxylic acids is 1. The smallest absolute Gasteiger partial charge is 0.144 e. The first kappa shape index (κ1) is 13.3. The summed E-state index contributed by atoms with van der Waals surface area (Å²) in [4.78, 5) is 12.6. The molecule has 1 atom stereocenters. The molecule has 1 nitrogen and oxygen atoms in total. The van der Waals surface area contributed by atoms with Crippen LogP contribution in [-0.4, -0.2) is 5.78 Å². The van der Waals surface area contributed by atoms with E-state index in [4.69, 9.17) is 0 Å². The van der Waals surface area contributed by atoms with Crippen molar-refractivity contribution < 1.29 is 4.79 Å². The molecule has 1 aliphatic carbocycles. The molecule has 0 aromatic heterocycles. The molecule has 18 heavy (non-hydrogen) atoms. The summed E-state index contributed by atoms with van der Waals surface area (Å²) in [6, 6.07) is 6.42. The van der Waals surface area contributed by atoms with Crippen molar-refractivity contribution in [3.05, 3.63) is 34.9 Å². The van der Waals surface area contributed by atoms with Crippen LogP contribution in [0.15, 0.2) is 18.2 Å². The van der Waals surface area contributed by atoms with Crippen molar-refractivity contribution in [2.45, 2.75) is 53.9 Å². The molecule has 1 aromatic rings. The molecule has 0 spiro atoms. The number of aryl methyl sites for hydroxylation is 2. The van der Waals surface area contributed by atoms with E-state index in [1.165, 1.54) is 16.7 Å². The van der Waals surface area contributed by atoms with Crippen LogP contribution in [0.5, 0.6) is 0 Å². The Labute approximate surface area is 111 Å². The first-order valence-electron chi connectivity index (χ1n) is 6.79. The zero-order chi connectivity index (χ0) is 13.7. The second kappa shape index (κ2) is 3.94. The van der Waals surface area contributed by atoms with Gasteiger partial charge >= 0.3 is 0 Å². The third kappa shape index (κ3) is 1.81. The molecular weight excluding hydrogens is 220 g/mol. The van der Waals surface area contributed by atoms with E-state index >= 15 is 0 Å². The van der Waals surface area contributed by atoms with Crippen molar-refractivity contribution >= 4 is 5.78 Å². The number of benzene rings is 1. The third-order valence-corrected chi connectivity index (χ3v) is 4.68. The predicted molar refractivity (Wildman–Crippen MR) is 75.8 cm³/mol. The number of ketones is 1. The van der Waals surface area contributed by atoms with Gasteiger partial charge in [-0.3, -0.25) is 4.79 Å². The van der Waals surface area contributed by atoms with Gasteiger partial charge in [0.1, 0.15) is 5.78 Å². The average Bonchev–Trinajstić information content (AvgIpc) is 2.40. The lowest BCUT2D eigenvalue weighted by Crippen LogP contribution is -2.29. The summed E-state index contributed by atoms with van der Waals surface area (Å²) >= 11 is 0. The van der Waals surface area contributed by atoms with Crippen LogP contribution in [-0.2, 0) is 4.79 Å². The molecule has 0 heterocycles. The average molecular weight is 244 g/mol. The highest BCUT2D eigenvalue weighted by atomic mass is 16.1. The molecule has 1 heteroatoms. The quantitative estimate of drug-likeness (QED) is 0.715. The summed E-state index contributed by atoms with van der Waals surface area (Å²) in [6.07, 6.45) is 0.963. The molecule has 0 radical (unpaired) electrons. The Morgan fingerprint density at radius 3 is 1.94 bits per heavy atom. The van der Waals surface area contributed by atoms with Crippen LogP contribution >= 0.6 is 0 Å². The van der Waals surface area contributed by atoms with Gasteiger partial charge in [-0.2, -0.15) is 0 Å². The minimum atomic E-state index is -0.250. The van der Waals surface area contributed by atoms with Crippen LogP contribution < -0.4 is 0 Å². The molecular formula is C17H24O. The maximum Gasteiger partial charge on any atom is 0.144 e. The molecule has 0 amide bonds. The molecule has 0 bridgehead atoms. The van der Waals surface area contributed by atoms with Gasteiger partial charge in [0.15, 0.2) is 0 Å². The highest BCUT2D eigenvalue weighted by Gasteiger charge is 2.53. The fourth-order valence-corrected chi connectivity index (χ4v) is 3.73. The lowest BCUT2D eigenvalue weighted by Gasteiger charge is -2.28. The zero-order valence-electron chi connectivity index (χ0n) is 12.4. The highest BCUT2D eigenvalue weighted by Crippen LogP contribution is 2.55. The maximum absolute atomic E-state index is 12.6. The largest absolute Gasteiger partial charge is 0.298 e. The molecule has 1 saturated carbocycles. The van der Waals surface area contributed by atoms with E-state index in [0.29, 0.717) is 11.7 Å². The van der Waals surface area contributed by atoms with Gasteiger partial charge in [-0.25, -0.2) is 0 Å². The first-order valence-corrected chi connectivity index (χ1v) is 6.79. The van der Waals surface area contributed by atoms with Gasteiger partial charge in [0.2, 0.25) is 0 Å². The number of rotatable bonds is 1. The van der Waals surface area contributed by atoms with Gasteiger partial charge in [0.05, 0.1) is 0 Å². The fourth-order valence-electron chi connectivity index (χ4n) is 3.73. The molecule has 0 saturated heterocycles. The Hall–Kier alpha value is -1.11. The van der Waals surface area contributed by atoms with Gasteiger partial charge in [0, 0.05) is 10.8 Å². The first-order chi connectivity index (χ1) is 8.18. The van der Waals surface area contributed by atoms with E-state index in [-0.39, 0.29) is 10.8 Å². The predicted octanol–water partition coefficient (Wildman–Crippen LogP) is 4.41. The Morgan fingerprint density at radius 2 is 1.56 bits per heavy atom. The summed E-state index contributed by atoms with van der Waals surface area (Å²) < 4.78 is 0. The van der Waals surface area contributed by atoms with Crippen LogP contribution in [0.2, 0.25) is 0 Å². The van der Waals surface area contributed by atoms with Gasteiger partial charge in [-0.05, 0) is 42.9 Å². The molecule has 98 valence electrons. The summed E-state index contributed by atoms with van der Waals surface area (Å²) in [5.41, 5.74) is 3.59. The molecule has 1 fully saturated rings. The summed E-state index contributed by atoms with van der Waals surface area (Å²) in [5.74, 6) is 0.754. The van der Waals surface area contributed by atoms with Crippen molar-refractivity contribution in [3.63, 3.8) is 0 Å². The normalized spacial score (nSPS) is 25.4. The van der Waals surface area contributed by atoms with Crippen molar-refractivity contribution in [1.82, 2.24) is 0 Å². The van der Waals surface area contributed by atoms with Crippen LogP contribution in [0.4, 0.5) is 0 Å². The standard InChI is InChI=1S/C17H24O/c1-11-8-7-9-12(2)14(11)13-10-16(3,4)15(18)17(13,5)6/h7-9,13H,10H2,1-6H3. The minimum absolute atomic E-state index is 0.192. The van der Waals surface area contributed by atoms with E-state index < -0.39 is 0 Å². The van der Waals surface area contributed by atoms with Crippen LogP contribution in [0.25, 0.3) is 0 Å². The third-order valence-electron chi connectivity index (χ3n) is 4.68. The van der Waals surface area contributed by atoms with E-state index in [0.717, 1.165) is 6.42 Å². The van der Waals surface area contributed by atoms with E-state index in [1.54, 1.807) is 0 Å². The van der Waals surface area contributed by atoms with E-state index in [2.05, 4.69) is 59.7 Å². The second-order valence-corrected chi connectivity index (χ2v) is 7.00.